The van der Waals surface area contributed by atoms with Crippen LogP contribution in [-0.4, -0.2) is 17.2 Å². The summed E-state index contributed by atoms with van der Waals surface area (Å²) in [6.07, 6.45) is 0. The van der Waals surface area contributed by atoms with Crippen molar-refractivity contribution in [1.29, 1.82) is 0 Å². The molecule has 0 aliphatic carbocycles. The van der Waals surface area contributed by atoms with Crippen LogP contribution in [0.25, 0.3) is 0 Å². The van der Waals surface area contributed by atoms with Crippen molar-refractivity contribution in [2.75, 3.05) is 0 Å². The quantitative estimate of drug-likeness (QED) is 0.847. The molecule has 0 saturated carbocycles. The van der Waals surface area contributed by atoms with E-state index in [-0.39, 0.29) is 22.8 Å². The Hall–Kier alpha value is -1.63. The second-order valence-electron chi connectivity index (χ2n) is 4.10. The monoisotopic (exact) mass is 298 g/mol. The van der Waals surface area contributed by atoms with Crippen LogP contribution in [0.15, 0.2) is 36.4 Å². The number of rotatable bonds is 4. The maximum Gasteiger partial charge on any atom is 0.488 e. The van der Waals surface area contributed by atoms with E-state index in [0.29, 0.717) is 5.56 Å². The van der Waals surface area contributed by atoms with Gasteiger partial charge in [0.15, 0.2) is 11.6 Å². The topological polar surface area (TPSA) is 49.7 Å². The summed E-state index contributed by atoms with van der Waals surface area (Å²) in [6.45, 7) is -0.0734. The molecule has 2 aromatic carbocycles. The molecular weight excluding hydrogens is 288 g/mol. The van der Waals surface area contributed by atoms with E-state index in [1.807, 2.05) is 0 Å². The Morgan fingerprint density at radius 3 is 2.45 bits per heavy atom. The molecule has 0 aliphatic heterocycles. The third-order valence-corrected chi connectivity index (χ3v) is 2.94. The summed E-state index contributed by atoms with van der Waals surface area (Å²) in [5, 5.41) is 18.0. The van der Waals surface area contributed by atoms with Gasteiger partial charge in [-0.2, -0.15) is 0 Å². The summed E-state index contributed by atoms with van der Waals surface area (Å²) in [4.78, 5) is 0. The first kappa shape index (κ1) is 14.8. The Labute approximate surface area is 119 Å². The van der Waals surface area contributed by atoms with Gasteiger partial charge in [0.1, 0.15) is 12.4 Å². The molecule has 0 atom stereocenters. The van der Waals surface area contributed by atoms with Crippen LogP contribution in [0.2, 0.25) is 5.02 Å². The van der Waals surface area contributed by atoms with E-state index in [4.69, 9.17) is 26.4 Å². The van der Waals surface area contributed by atoms with E-state index < -0.39 is 18.8 Å². The van der Waals surface area contributed by atoms with Gasteiger partial charge in [0.05, 0.1) is 5.02 Å². The number of hydrogen-bond acceptors (Lipinski definition) is 3. The van der Waals surface area contributed by atoms with Crippen LogP contribution in [-0.2, 0) is 6.61 Å². The van der Waals surface area contributed by atoms with Crippen LogP contribution >= 0.6 is 11.6 Å². The fourth-order valence-corrected chi connectivity index (χ4v) is 1.70. The summed E-state index contributed by atoms with van der Waals surface area (Å²) in [6, 6.07) is 7.58. The van der Waals surface area contributed by atoms with Crippen LogP contribution < -0.4 is 10.2 Å². The van der Waals surface area contributed by atoms with E-state index in [9.17, 15) is 8.78 Å². The molecule has 2 N–H and O–H groups in total. The normalized spacial score (nSPS) is 10.4. The lowest BCUT2D eigenvalue weighted by molar-refractivity contribution is 0.290. The zero-order valence-electron chi connectivity index (χ0n) is 10.2. The molecule has 0 heterocycles. The molecule has 0 unspecified atom stereocenters. The minimum Gasteiger partial charge on any atom is -0.486 e. The van der Waals surface area contributed by atoms with E-state index in [1.165, 1.54) is 24.3 Å². The smallest absolute Gasteiger partial charge is 0.486 e. The summed E-state index contributed by atoms with van der Waals surface area (Å²) < 4.78 is 31.9. The largest absolute Gasteiger partial charge is 0.488 e. The summed E-state index contributed by atoms with van der Waals surface area (Å²) in [5.41, 5.74) is 0.574. The molecule has 7 heteroatoms. The van der Waals surface area contributed by atoms with Gasteiger partial charge in [-0.3, -0.25) is 0 Å². The minimum atomic E-state index is -1.72. The molecule has 0 aliphatic rings. The lowest BCUT2D eigenvalue weighted by Crippen LogP contribution is -2.29. The number of halogens is 3. The van der Waals surface area contributed by atoms with Crippen LogP contribution in [0, 0.1) is 11.6 Å². The number of ether oxygens (including phenoxy) is 1. The van der Waals surface area contributed by atoms with Gasteiger partial charge >= 0.3 is 7.12 Å². The molecule has 0 spiro atoms. The average Bonchev–Trinajstić information content (AvgIpc) is 2.41. The highest BCUT2D eigenvalue weighted by Gasteiger charge is 2.14. The minimum absolute atomic E-state index is 0.00895. The standard InChI is InChI=1S/C13H10BClF2O3/c15-10-3-1-8(5-12(10)17)7-20-13-6-9(14(18)19)2-4-11(13)16/h1-6,18-19H,7H2. The fourth-order valence-electron chi connectivity index (χ4n) is 1.58. The highest BCUT2D eigenvalue weighted by Crippen LogP contribution is 2.19. The Kier molecular flexibility index (Phi) is 4.59. The van der Waals surface area contributed by atoms with Crippen molar-refractivity contribution in [2.24, 2.45) is 0 Å². The van der Waals surface area contributed by atoms with E-state index in [1.54, 1.807) is 6.07 Å². The van der Waals surface area contributed by atoms with Crippen molar-refractivity contribution >= 4 is 24.2 Å². The third-order valence-electron chi connectivity index (χ3n) is 2.63. The highest BCUT2D eigenvalue weighted by atomic mass is 35.5. The summed E-state index contributed by atoms with van der Waals surface area (Å²) in [7, 11) is -1.72. The molecule has 0 amide bonds. The zero-order valence-corrected chi connectivity index (χ0v) is 10.9. The number of hydrogen-bond donors (Lipinski definition) is 2. The molecule has 0 saturated heterocycles. The van der Waals surface area contributed by atoms with Gasteiger partial charge in [0, 0.05) is 0 Å². The molecule has 20 heavy (non-hydrogen) atoms. The zero-order chi connectivity index (χ0) is 14.7. The van der Waals surface area contributed by atoms with Crippen molar-refractivity contribution in [3.8, 4) is 5.75 Å². The molecule has 0 radical (unpaired) electrons. The maximum atomic E-state index is 13.5. The predicted octanol–water partition coefficient (Wildman–Crippen LogP) is 1.88. The Morgan fingerprint density at radius 2 is 1.80 bits per heavy atom. The van der Waals surface area contributed by atoms with Crippen LogP contribution in [0.4, 0.5) is 8.78 Å². The van der Waals surface area contributed by atoms with Gasteiger partial charge in [-0.1, -0.05) is 23.7 Å². The lowest BCUT2D eigenvalue weighted by Gasteiger charge is -2.09. The van der Waals surface area contributed by atoms with Crippen molar-refractivity contribution in [3.63, 3.8) is 0 Å². The molecule has 0 bridgehead atoms. The van der Waals surface area contributed by atoms with Crippen LogP contribution in [0.5, 0.6) is 5.75 Å². The predicted molar refractivity (Wildman–Crippen MR) is 72.0 cm³/mol. The second-order valence-corrected chi connectivity index (χ2v) is 4.51. The molecule has 0 aromatic heterocycles. The fraction of sp³-hybridized carbons (Fsp3) is 0.0769. The third kappa shape index (κ3) is 3.48. The van der Waals surface area contributed by atoms with Gasteiger partial charge in [-0.05, 0) is 35.3 Å². The van der Waals surface area contributed by atoms with Crippen molar-refractivity contribution in [2.45, 2.75) is 6.61 Å². The number of benzene rings is 2. The average molecular weight is 298 g/mol. The van der Waals surface area contributed by atoms with Gasteiger partial charge in [0.2, 0.25) is 0 Å². The first-order valence-electron chi connectivity index (χ1n) is 5.69. The van der Waals surface area contributed by atoms with Gasteiger partial charge < -0.3 is 14.8 Å². The SMILES string of the molecule is OB(O)c1ccc(F)c(OCc2ccc(Cl)c(F)c2)c1. The van der Waals surface area contributed by atoms with Crippen molar-refractivity contribution < 1.29 is 23.6 Å². The van der Waals surface area contributed by atoms with Crippen molar-refractivity contribution in [3.05, 3.63) is 58.6 Å². The van der Waals surface area contributed by atoms with Gasteiger partial charge in [-0.15, -0.1) is 0 Å². The van der Waals surface area contributed by atoms with Crippen molar-refractivity contribution in [1.82, 2.24) is 0 Å². The van der Waals surface area contributed by atoms with Gasteiger partial charge in [-0.25, -0.2) is 8.78 Å². The highest BCUT2D eigenvalue weighted by molar-refractivity contribution is 6.58. The van der Waals surface area contributed by atoms with Crippen LogP contribution in [0.1, 0.15) is 5.56 Å². The van der Waals surface area contributed by atoms with E-state index in [0.717, 1.165) is 6.07 Å². The van der Waals surface area contributed by atoms with Crippen LogP contribution in [0.3, 0.4) is 0 Å². The molecule has 2 aromatic rings. The molecule has 104 valence electrons. The van der Waals surface area contributed by atoms with Gasteiger partial charge in [0.25, 0.3) is 0 Å². The van der Waals surface area contributed by atoms with E-state index in [2.05, 4.69) is 0 Å². The Morgan fingerprint density at radius 1 is 1.05 bits per heavy atom. The first-order valence-corrected chi connectivity index (χ1v) is 6.07. The molecule has 3 nitrogen and oxygen atoms in total. The molecule has 0 fully saturated rings. The summed E-state index contributed by atoms with van der Waals surface area (Å²) >= 11 is 5.55. The van der Waals surface area contributed by atoms with E-state index >= 15 is 0 Å². The Bertz CT molecular complexity index is 623. The molecule has 2 rings (SSSR count). The summed E-state index contributed by atoms with van der Waals surface area (Å²) in [5.74, 6) is -1.39. The lowest BCUT2D eigenvalue weighted by atomic mass is 9.80. The maximum absolute atomic E-state index is 13.5. The first-order chi connectivity index (χ1) is 9.47. The molecular formula is C13H10BClF2O3. The second kappa shape index (κ2) is 6.22. The Balaban J connectivity index is 2.13.